The Bertz CT molecular complexity index is 868. The van der Waals surface area contributed by atoms with Gasteiger partial charge in [0.2, 0.25) is 0 Å². The maximum absolute atomic E-state index is 6.29. The van der Waals surface area contributed by atoms with Gasteiger partial charge in [-0.15, -0.1) is 0 Å². The zero-order valence-corrected chi connectivity index (χ0v) is 22.0. The van der Waals surface area contributed by atoms with Gasteiger partial charge in [-0.25, -0.2) is 0 Å². The van der Waals surface area contributed by atoms with Crippen molar-refractivity contribution in [2.75, 3.05) is 66.1 Å². The molecule has 3 rings (SSSR count). The van der Waals surface area contributed by atoms with Gasteiger partial charge in [-0.05, 0) is 39.5 Å². The second-order valence-electron chi connectivity index (χ2n) is 8.48. The normalized spacial score (nSPS) is 11.4. The molecule has 0 aromatic heterocycles. The Morgan fingerprint density at radius 1 is 0.417 bits per heavy atom. The Morgan fingerprint density at radius 2 is 0.750 bits per heavy atom. The fourth-order valence-electron chi connectivity index (χ4n) is 4.07. The van der Waals surface area contributed by atoms with E-state index in [-0.39, 0.29) is 0 Å². The van der Waals surface area contributed by atoms with E-state index in [1.165, 1.54) is 0 Å². The molecular weight excluding hydrogens is 456 g/mol. The van der Waals surface area contributed by atoms with E-state index in [9.17, 15) is 0 Å². The molecule has 0 spiro atoms. The number of rotatable bonds is 20. The summed E-state index contributed by atoms with van der Waals surface area (Å²) in [7, 11) is 0. The van der Waals surface area contributed by atoms with Gasteiger partial charge in [0.1, 0.15) is 24.7 Å². The fraction of sp³-hybridized carbons (Fsp3) is 0.533. The van der Waals surface area contributed by atoms with Crippen molar-refractivity contribution >= 4 is 21.5 Å². The minimum Gasteiger partial charge on any atom is -0.490 e. The summed E-state index contributed by atoms with van der Waals surface area (Å²) in [6.45, 7) is 10.7. The lowest BCUT2D eigenvalue weighted by atomic mass is 10.0. The lowest BCUT2D eigenvalue weighted by Gasteiger charge is -2.18. The second kappa shape index (κ2) is 17.1. The first-order chi connectivity index (χ1) is 17.9. The summed E-state index contributed by atoms with van der Waals surface area (Å²) < 4.78 is 34.9. The van der Waals surface area contributed by atoms with E-state index in [1.807, 2.05) is 38.1 Å². The van der Waals surface area contributed by atoms with Gasteiger partial charge in [0.15, 0.2) is 0 Å². The van der Waals surface area contributed by atoms with Crippen LogP contribution >= 0.6 is 0 Å². The first kappa shape index (κ1) is 28.2. The van der Waals surface area contributed by atoms with E-state index in [0.717, 1.165) is 98.4 Å². The predicted octanol–water partition coefficient (Wildman–Crippen LogP) is 6.42. The molecule has 0 N–H and O–H groups in total. The fourth-order valence-corrected chi connectivity index (χ4v) is 4.07. The zero-order valence-electron chi connectivity index (χ0n) is 22.0. The molecule has 0 atom stereocenters. The molecule has 198 valence electrons. The number of ether oxygens (including phenoxy) is 6. The topological polar surface area (TPSA) is 55.4 Å². The van der Waals surface area contributed by atoms with Crippen LogP contribution in [0.3, 0.4) is 0 Å². The Hall–Kier alpha value is -2.38. The van der Waals surface area contributed by atoms with Crippen LogP contribution in [0.1, 0.15) is 39.5 Å². The summed E-state index contributed by atoms with van der Waals surface area (Å²) in [6.07, 6.45) is 4.03. The summed E-state index contributed by atoms with van der Waals surface area (Å²) in [6, 6.07) is 16.5. The van der Waals surface area contributed by atoms with Crippen molar-refractivity contribution in [1.82, 2.24) is 0 Å². The summed E-state index contributed by atoms with van der Waals surface area (Å²) in [5.74, 6) is 1.75. The van der Waals surface area contributed by atoms with Crippen molar-refractivity contribution in [2.24, 2.45) is 0 Å². The number of fused-ring (bicyclic) bond motifs is 2. The minimum atomic E-state index is 0.497. The van der Waals surface area contributed by atoms with Crippen LogP contribution in [0.2, 0.25) is 0 Å². The molecular formula is C30H42O6. The molecule has 0 aliphatic heterocycles. The van der Waals surface area contributed by atoms with E-state index in [1.54, 1.807) is 0 Å². The van der Waals surface area contributed by atoms with Gasteiger partial charge in [0.25, 0.3) is 0 Å². The molecule has 0 aliphatic rings. The number of hydrogen-bond acceptors (Lipinski definition) is 6. The molecule has 0 amide bonds. The lowest BCUT2D eigenvalue weighted by Crippen LogP contribution is -2.10. The quantitative estimate of drug-likeness (QED) is 0.132. The van der Waals surface area contributed by atoms with Crippen molar-refractivity contribution in [2.45, 2.75) is 39.5 Å². The van der Waals surface area contributed by atoms with Crippen LogP contribution in [-0.2, 0) is 18.9 Å². The van der Waals surface area contributed by atoms with Crippen molar-refractivity contribution in [3.05, 3.63) is 48.5 Å². The number of unbranched alkanes of at least 4 members (excludes halogenated alkanes) is 2. The molecule has 0 heterocycles. The van der Waals surface area contributed by atoms with Crippen molar-refractivity contribution < 1.29 is 28.4 Å². The van der Waals surface area contributed by atoms with Gasteiger partial charge in [-0.2, -0.15) is 0 Å². The number of hydrogen-bond donors (Lipinski definition) is 0. The Kier molecular flexibility index (Phi) is 13.4. The third-order valence-electron chi connectivity index (χ3n) is 5.84. The number of benzene rings is 3. The third-order valence-corrected chi connectivity index (χ3v) is 5.84. The third kappa shape index (κ3) is 8.93. The standard InChI is InChI=1S/C30H42O6/c1-3-31-17-9-11-19-33-21-23-35-29-25-13-5-7-15-27(25)30(28-16-8-6-14-26(28)29)36-24-22-34-20-12-10-18-32-4-2/h5-8,13-16H,3-4,9-12,17-24H2,1-2H3. The summed E-state index contributed by atoms with van der Waals surface area (Å²) in [4.78, 5) is 0. The predicted molar refractivity (Wildman–Crippen MR) is 146 cm³/mol. The van der Waals surface area contributed by atoms with Crippen LogP contribution in [0, 0.1) is 0 Å². The maximum atomic E-state index is 6.29. The molecule has 0 aliphatic carbocycles. The van der Waals surface area contributed by atoms with E-state index in [4.69, 9.17) is 28.4 Å². The molecule has 3 aromatic carbocycles. The van der Waals surface area contributed by atoms with Crippen molar-refractivity contribution in [1.29, 1.82) is 0 Å². The van der Waals surface area contributed by atoms with Crippen molar-refractivity contribution in [3.63, 3.8) is 0 Å². The first-order valence-corrected chi connectivity index (χ1v) is 13.4. The van der Waals surface area contributed by atoms with Crippen LogP contribution in [0.15, 0.2) is 48.5 Å². The molecule has 0 saturated carbocycles. The molecule has 0 radical (unpaired) electrons. The average molecular weight is 499 g/mol. The molecule has 6 nitrogen and oxygen atoms in total. The van der Waals surface area contributed by atoms with Crippen LogP contribution < -0.4 is 9.47 Å². The van der Waals surface area contributed by atoms with Crippen LogP contribution in [0.4, 0.5) is 0 Å². The monoisotopic (exact) mass is 498 g/mol. The highest BCUT2D eigenvalue weighted by atomic mass is 16.5. The van der Waals surface area contributed by atoms with Gasteiger partial charge >= 0.3 is 0 Å². The Labute approximate surface area is 215 Å². The van der Waals surface area contributed by atoms with Gasteiger partial charge in [0, 0.05) is 61.2 Å². The molecule has 0 fully saturated rings. The SMILES string of the molecule is CCOCCCCOCCOc1c2ccccc2c(OCCOCCCCOCC)c2ccccc12. The zero-order chi connectivity index (χ0) is 25.3. The minimum absolute atomic E-state index is 0.497. The van der Waals surface area contributed by atoms with E-state index >= 15 is 0 Å². The highest BCUT2D eigenvalue weighted by Crippen LogP contribution is 2.42. The first-order valence-electron chi connectivity index (χ1n) is 13.4. The summed E-state index contributed by atoms with van der Waals surface area (Å²) in [5, 5.41) is 4.17. The molecule has 6 heteroatoms. The van der Waals surface area contributed by atoms with E-state index < -0.39 is 0 Å². The van der Waals surface area contributed by atoms with Gasteiger partial charge in [-0.1, -0.05) is 48.5 Å². The van der Waals surface area contributed by atoms with E-state index in [0.29, 0.717) is 26.4 Å². The van der Waals surface area contributed by atoms with Gasteiger partial charge in [-0.3, -0.25) is 0 Å². The van der Waals surface area contributed by atoms with Crippen LogP contribution in [-0.4, -0.2) is 66.1 Å². The Balaban J connectivity index is 1.58. The summed E-state index contributed by atoms with van der Waals surface area (Å²) in [5.41, 5.74) is 0. The second-order valence-corrected chi connectivity index (χ2v) is 8.48. The Morgan fingerprint density at radius 3 is 1.08 bits per heavy atom. The smallest absolute Gasteiger partial charge is 0.135 e. The highest BCUT2D eigenvalue weighted by Gasteiger charge is 2.15. The lowest BCUT2D eigenvalue weighted by molar-refractivity contribution is 0.0872. The van der Waals surface area contributed by atoms with Crippen LogP contribution in [0.5, 0.6) is 11.5 Å². The molecule has 3 aromatic rings. The van der Waals surface area contributed by atoms with Gasteiger partial charge in [0.05, 0.1) is 13.2 Å². The highest BCUT2D eigenvalue weighted by molar-refractivity contribution is 6.11. The van der Waals surface area contributed by atoms with Crippen molar-refractivity contribution in [3.8, 4) is 11.5 Å². The average Bonchev–Trinajstić information content (AvgIpc) is 2.91. The summed E-state index contributed by atoms with van der Waals surface area (Å²) >= 11 is 0. The van der Waals surface area contributed by atoms with Crippen LogP contribution in [0.25, 0.3) is 21.5 Å². The van der Waals surface area contributed by atoms with Gasteiger partial charge < -0.3 is 28.4 Å². The molecule has 0 bridgehead atoms. The molecule has 0 unspecified atom stereocenters. The maximum Gasteiger partial charge on any atom is 0.135 e. The van der Waals surface area contributed by atoms with E-state index in [2.05, 4.69) is 24.3 Å². The molecule has 0 saturated heterocycles. The molecule has 36 heavy (non-hydrogen) atoms. The largest absolute Gasteiger partial charge is 0.490 e.